The molecule has 1 spiro atoms. The summed E-state index contributed by atoms with van der Waals surface area (Å²) in [6, 6.07) is -0.0712. The van der Waals surface area contributed by atoms with Gasteiger partial charge in [-0.1, -0.05) is 0 Å². The Hall–Kier alpha value is -1.79. The van der Waals surface area contributed by atoms with Crippen LogP contribution in [0.4, 0.5) is 4.79 Å². The van der Waals surface area contributed by atoms with Gasteiger partial charge >= 0.3 is 6.03 Å². The summed E-state index contributed by atoms with van der Waals surface area (Å²) in [7, 11) is 0. The molecule has 1 unspecified atom stereocenters. The first-order valence-electron chi connectivity index (χ1n) is 7.39. The largest absolute Gasteiger partial charge is 0.355 e. The van der Waals surface area contributed by atoms with Crippen LogP contribution in [0.1, 0.15) is 27.2 Å². The maximum Gasteiger partial charge on any atom is 0.317 e. The molecule has 0 radical (unpaired) electrons. The molecular weight excluding hydrogens is 272 g/mol. The summed E-state index contributed by atoms with van der Waals surface area (Å²) >= 11 is 0. The molecule has 0 aromatic heterocycles. The number of carbonyl (C=O) groups is 3. The second-order valence-corrected chi connectivity index (χ2v) is 6.42. The Morgan fingerprint density at radius 3 is 2.38 bits per heavy atom. The molecule has 2 saturated heterocycles. The monoisotopic (exact) mass is 296 g/mol. The van der Waals surface area contributed by atoms with Crippen molar-refractivity contribution in [2.45, 2.75) is 33.2 Å². The molecule has 2 rings (SSSR count). The molecule has 0 aromatic rings. The molecule has 0 saturated carbocycles. The third-order valence-electron chi connectivity index (χ3n) is 4.03. The van der Waals surface area contributed by atoms with Gasteiger partial charge in [-0.05, 0) is 13.8 Å². The van der Waals surface area contributed by atoms with Crippen LogP contribution >= 0.6 is 0 Å². The van der Waals surface area contributed by atoms with Crippen LogP contribution in [0.15, 0.2) is 0 Å². The summed E-state index contributed by atoms with van der Waals surface area (Å²) in [5, 5.41) is 5.71. The van der Waals surface area contributed by atoms with Crippen molar-refractivity contribution >= 4 is 17.8 Å². The van der Waals surface area contributed by atoms with E-state index < -0.39 is 0 Å². The Balaban J connectivity index is 2.17. The van der Waals surface area contributed by atoms with Gasteiger partial charge in [0.15, 0.2) is 0 Å². The Kier molecular flexibility index (Phi) is 4.39. The van der Waals surface area contributed by atoms with E-state index in [2.05, 4.69) is 10.6 Å². The van der Waals surface area contributed by atoms with E-state index in [9.17, 15) is 14.4 Å². The zero-order valence-corrected chi connectivity index (χ0v) is 12.9. The SMILES string of the molecule is CC(=O)N1CCN(C(=O)NC(C)C)CC2(CNC(=O)C2)C1. The average Bonchev–Trinajstić information content (AvgIpc) is 2.62. The van der Waals surface area contributed by atoms with Gasteiger partial charge in [-0.25, -0.2) is 4.79 Å². The highest BCUT2D eigenvalue weighted by Gasteiger charge is 2.44. The molecule has 2 aliphatic heterocycles. The summed E-state index contributed by atoms with van der Waals surface area (Å²) in [4.78, 5) is 39.1. The van der Waals surface area contributed by atoms with Crippen molar-refractivity contribution in [2.24, 2.45) is 5.41 Å². The van der Waals surface area contributed by atoms with Crippen molar-refractivity contribution in [3.05, 3.63) is 0 Å². The third kappa shape index (κ3) is 3.65. The Morgan fingerprint density at radius 1 is 1.24 bits per heavy atom. The molecule has 0 aliphatic carbocycles. The van der Waals surface area contributed by atoms with Gasteiger partial charge < -0.3 is 20.4 Å². The molecule has 21 heavy (non-hydrogen) atoms. The Labute approximate surface area is 125 Å². The number of nitrogens with zero attached hydrogens (tertiary/aromatic N) is 2. The van der Waals surface area contributed by atoms with E-state index in [4.69, 9.17) is 0 Å². The molecule has 2 N–H and O–H groups in total. The van der Waals surface area contributed by atoms with E-state index in [1.165, 1.54) is 6.92 Å². The van der Waals surface area contributed by atoms with Gasteiger partial charge in [0.25, 0.3) is 0 Å². The highest BCUT2D eigenvalue weighted by Crippen LogP contribution is 2.30. The highest BCUT2D eigenvalue weighted by atomic mass is 16.2. The quantitative estimate of drug-likeness (QED) is 0.701. The number of carbonyl (C=O) groups excluding carboxylic acids is 3. The molecule has 2 heterocycles. The van der Waals surface area contributed by atoms with E-state index in [0.717, 1.165) is 0 Å². The standard InChI is InChI=1S/C14H24N4O3/c1-10(2)16-13(21)18-5-4-17(11(3)19)8-14(9-18)6-12(20)15-7-14/h10H,4-9H2,1-3H3,(H,15,20)(H,16,21). The van der Waals surface area contributed by atoms with Gasteiger partial charge in [-0.2, -0.15) is 0 Å². The summed E-state index contributed by atoms with van der Waals surface area (Å²) in [6.07, 6.45) is 0.363. The summed E-state index contributed by atoms with van der Waals surface area (Å²) in [5.74, 6) is -0.0236. The molecule has 2 fully saturated rings. The van der Waals surface area contributed by atoms with Crippen molar-refractivity contribution in [1.29, 1.82) is 0 Å². The molecule has 1 atom stereocenters. The predicted octanol–water partition coefficient (Wildman–Crippen LogP) is -0.225. The second kappa shape index (κ2) is 5.91. The van der Waals surface area contributed by atoms with E-state index in [0.29, 0.717) is 39.1 Å². The number of amides is 4. The maximum atomic E-state index is 12.3. The van der Waals surface area contributed by atoms with Crippen LogP contribution in [0.25, 0.3) is 0 Å². The lowest BCUT2D eigenvalue weighted by molar-refractivity contribution is -0.130. The fourth-order valence-electron chi connectivity index (χ4n) is 3.01. The summed E-state index contributed by atoms with van der Waals surface area (Å²) in [6.45, 7) is 7.89. The lowest BCUT2D eigenvalue weighted by atomic mass is 9.86. The van der Waals surface area contributed by atoms with Gasteiger partial charge in [-0.3, -0.25) is 9.59 Å². The number of urea groups is 1. The van der Waals surface area contributed by atoms with Crippen molar-refractivity contribution < 1.29 is 14.4 Å². The Morgan fingerprint density at radius 2 is 1.86 bits per heavy atom. The van der Waals surface area contributed by atoms with Crippen LogP contribution in [-0.2, 0) is 9.59 Å². The minimum Gasteiger partial charge on any atom is -0.355 e. The topological polar surface area (TPSA) is 81.8 Å². The predicted molar refractivity (Wildman–Crippen MR) is 77.6 cm³/mol. The van der Waals surface area contributed by atoms with Gasteiger partial charge in [0.1, 0.15) is 0 Å². The van der Waals surface area contributed by atoms with Crippen LogP contribution in [0.2, 0.25) is 0 Å². The number of hydrogen-bond acceptors (Lipinski definition) is 3. The smallest absolute Gasteiger partial charge is 0.317 e. The second-order valence-electron chi connectivity index (χ2n) is 6.42. The third-order valence-corrected chi connectivity index (χ3v) is 4.03. The lowest BCUT2D eigenvalue weighted by Gasteiger charge is -2.32. The first-order chi connectivity index (χ1) is 9.81. The van der Waals surface area contributed by atoms with Gasteiger partial charge in [0, 0.05) is 57.5 Å². The molecular formula is C14H24N4O3. The van der Waals surface area contributed by atoms with Crippen LogP contribution in [-0.4, -0.2) is 66.4 Å². The van der Waals surface area contributed by atoms with Crippen LogP contribution in [0, 0.1) is 5.41 Å². The Bertz CT molecular complexity index is 452. The number of nitrogens with one attached hydrogen (secondary N) is 2. The van der Waals surface area contributed by atoms with Gasteiger partial charge in [0.05, 0.1) is 0 Å². The zero-order chi connectivity index (χ0) is 15.6. The first kappa shape index (κ1) is 15.6. The van der Waals surface area contributed by atoms with E-state index in [-0.39, 0.29) is 29.3 Å². The number of rotatable bonds is 1. The molecule has 0 aromatic carbocycles. The van der Waals surface area contributed by atoms with E-state index in [1.54, 1.807) is 9.80 Å². The molecule has 0 bridgehead atoms. The van der Waals surface area contributed by atoms with Crippen molar-refractivity contribution in [2.75, 3.05) is 32.7 Å². The molecule has 2 aliphatic rings. The van der Waals surface area contributed by atoms with E-state index >= 15 is 0 Å². The van der Waals surface area contributed by atoms with Gasteiger partial charge in [-0.15, -0.1) is 0 Å². The first-order valence-corrected chi connectivity index (χ1v) is 7.39. The van der Waals surface area contributed by atoms with Crippen molar-refractivity contribution in [3.63, 3.8) is 0 Å². The average molecular weight is 296 g/mol. The van der Waals surface area contributed by atoms with Gasteiger partial charge in [0.2, 0.25) is 11.8 Å². The maximum absolute atomic E-state index is 12.3. The molecule has 7 heteroatoms. The van der Waals surface area contributed by atoms with Crippen LogP contribution in [0.3, 0.4) is 0 Å². The highest BCUT2D eigenvalue weighted by molar-refractivity contribution is 5.80. The molecule has 7 nitrogen and oxygen atoms in total. The van der Waals surface area contributed by atoms with E-state index in [1.807, 2.05) is 13.8 Å². The lowest BCUT2D eigenvalue weighted by Crippen LogP contribution is -2.48. The van der Waals surface area contributed by atoms with Crippen molar-refractivity contribution in [3.8, 4) is 0 Å². The fourth-order valence-corrected chi connectivity index (χ4v) is 3.01. The minimum absolute atomic E-state index is 0.00961. The number of hydrogen-bond donors (Lipinski definition) is 2. The fraction of sp³-hybridized carbons (Fsp3) is 0.786. The molecule has 4 amide bonds. The summed E-state index contributed by atoms with van der Waals surface area (Å²) in [5.41, 5.74) is -0.367. The normalized spacial score (nSPS) is 26.0. The summed E-state index contributed by atoms with van der Waals surface area (Å²) < 4.78 is 0. The van der Waals surface area contributed by atoms with Crippen LogP contribution in [0.5, 0.6) is 0 Å². The molecule has 118 valence electrons. The minimum atomic E-state index is -0.367. The zero-order valence-electron chi connectivity index (χ0n) is 12.9. The van der Waals surface area contributed by atoms with Crippen molar-refractivity contribution in [1.82, 2.24) is 20.4 Å². The van der Waals surface area contributed by atoms with Crippen LogP contribution < -0.4 is 10.6 Å².